The highest BCUT2D eigenvalue weighted by atomic mass is 127. The Balaban J connectivity index is 2.02. The standard InChI is InChI=1S/C11H14INO/c1-8-6-9(12)2-3-10(8)14-7-11(13)4-5-11/h2-3,6H,4-5,7,13H2,1H3. The van der Waals surface area contributed by atoms with E-state index in [2.05, 4.69) is 41.6 Å². The van der Waals surface area contributed by atoms with E-state index in [9.17, 15) is 0 Å². The normalized spacial score (nSPS) is 17.9. The minimum atomic E-state index is -0.0323. The van der Waals surface area contributed by atoms with E-state index in [4.69, 9.17) is 10.5 Å². The fourth-order valence-electron chi connectivity index (χ4n) is 1.30. The Morgan fingerprint density at radius 1 is 1.50 bits per heavy atom. The summed E-state index contributed by atoms with van der Waals surface area (Å²) in [6.45, 7) is 2.71. The molecule has 1 saturated carbocycles. The summed E-state index contributed by atoms with van der Waals surface area (Å²) in [6, 6.07) is 6.19. The second kappa shape index (κ2) is 3.70. The third-order valence-corrected chi connectivity index (χ3v) is 3.22. The quantitative estimate of drug-likeness (QED) is 0.871. The van der Waals surface area contributed by atoms with Crippen molar-refractivity contribution in [3.05, 3.63) is 27.3 Å². The summed E-state index contributed by atoms with van der Waals surface area (Å²) in [5, 5.41) is 0. The van der Waals surface area contributed by atoms with Gasteiger partial charge in [0.15, 0.2) is 0 Å². The van der Waals surface area contributed by atoms with Crippen LogP contribution >= 0.6 is 22.6 Å². The van der Waals surface area contributed by atoms with Gasteiger partial charge in [-0.1, -0.05) is 0 Å². The SMILES string of the molecule is Cc1cc(I)ccc1OCC1(N)CC1. The first-order valence-corrected chi connectivity index (χ1v) is 5.85. The summed E-state index contributed by atoms with van der Waals surface area (Å²) in [4.78, 5) is 0. The summed E-state index contributed by atoms with van der Waals surface area (Å²) >= 11 is 2.30. The first-order valence-electron chi connectivity index (χ1n) is 4.77. The Kier molecular flexibility index (Phi) is 2.70. The van der Waals surface area contributed by atoms with Gasteiger partial charge in [-0.05, 0) is 66.1 Å². The van der Waals surface area contributed by atoms with Crippen LogP contribution in [0.25, 0.3) is 0 Å². The lowest BCUT2D eigenvalue weighted by molar-refractivity contribution is 0.278. The molecule has 1 fully saturated rings. The molecule has 14 heavy (non-hydrogen) atoms. The highest BCUT2D eigenvalue weighted by Crippen LogP contribution is 2.33. The minimum Gasteiger partial charge on any atom is -0.491 e. The number of halogens is 1. The fraction of sp³-hybridized carbons (Fsp3) is 0.455. The predicted octanol–water partition coefficient (Wildman–Crippen LogP) is 2.47. The molecule has 0 aliphatic heterocycles. The third-order valence-electron chi connectivity index (χ3n) is 2.54. The van der Waals surface area contributed by atoms with Crippen LogP contribution in [-0.2, 0) is 0 Å². The smallest absolute Gasteiger partial charge is 0.122 e. The molecule has 0 unspecified atom stereocenters. The first kappa shape index (κ1) is 10.2. The summed E-state index contributed by atoms with van der Waals surface area (Å²) in [5.41, 5.74) is 7.10. The van der Waals surface area contributed by atoms with Gasteiger partial charge >= 0.3 is 0 Å². The Bertz CT molecular complexity index is 347. The van der Waals surface area contributed by atoms with E-state index in [1.807, 2.05) is 6.07 Å². The van der Waals surface area contributed by atoms with Crippen LogP contribution in [0.5, 0.6) is 5.75 Å². The number of nitrogens with two attached hydrogens (primary N) is 1. The van der Waals surface area contributed by atoms with E-state index < -0.39 is 0 Å². The van der Waals surface area contributed by atoms with E-state index in [0.29, 0.717) is 6.61 Å². The molecule has 0 spiro atoms. The van der Waals surface area contributed by atoms with Gasteiger partial charge < -0.3 is 10.5 Å². The van der Waals surface area contributed by atoms with Crippen LogP contribution in [0, 0.1) is 10.5 Å². The van der Waals surface area contributed by atoms with Gasteiger partial charge in [-0.15, -0.1) is 0 Å². The Morgan fingerprint density at radius 3 is 2.79 bits per heavy atom. The lowest BCUT2D eigenvalue weighted by atomic mass is 10.2. The molecule has 2 nitrogen and oxygen atoms in total. The molecule has 76 valence electrons. The van der Waals surface area contributed by atoms with Gasteiger partial charge in [0.2, 0.25) is 0 Å². The van der Waals surface area contributed by atoms with Gasteiger partial charge in [-0.3, -0.25) is 0 Å². The van der Waals surface area contributed by atoms with E-state index in [0.717, 1.165) is 18.6 Å². The fourth-order valence-corrected chi connectivity index (χ4v) is 1.95. The van der Waals surface area contributed by atoms with Crippen LogP contribution in [0.2, 0.25) is 0 Å². The lowest BCUT2D eigenvalue weighted by Crippen LogP contribution is -2.29. The maximum atomic E-state index is 5.95. The molecule has 3 heteroatoms. The molecule has 1 aliphatic carbocycles. The van der Waals surface area contributed by atoms with Crippen molar-refractivity contribution in [2.45, 2.75) is 25.3 Å². The highest BCUT2D eigenvalue weighted by Gasteiger charge is 2.39. The van der Waals surface area contributed by atoms with E-state index in [-0.39, 0.29) is 5.54 Å². The molecule has 1 aromatic carbocycles. The number of hydrogen-bond acceptors (Lipinski definition) is 2. The number of hydrogen-bond donors (Lipinski definition) is 1. The van der Waals surface area contributed by atoms with E-state index in [1.54, 1.807) is 0 Å². The number of aryl methyl sites for hydroxylation is 1. The predicted molar refractivity (Wildman–Crippen MR) is 65.5 cm³/mol. The minimum absolute atomic E-state index is 0.0323. The zero-order chi connectivity index (χ0) is 10.2. The Hall–Kier alpha value is -0.290. The zero-order valence-corrected chi connectivity index (χ0v) is 10.4. The van der Waals surface area contributed by atoms with Gasteiger partial charge in [0.25, 0.3) is 0 Å². The maximum Gasteiger partial charge on any atom is 0.122 e. The summed E-state index contributed by atoms with van der Waals surface area (Å²) in [5.74, 6) is 0.960. The van der Waals surface area contributed by atoms with Crippen molar-refractivity contribution in [3.63, 3.8) is 0 Å². The Labute approximate surface area is 98.0 Å². The summed E-state index contributed by atoms with van der Waals surface area (Å²) in [6.07, 6.45) is 2.19. The van der Waals surface area contributed by atoms with E-state index >= 15 is 0 Å². The summed E-state index contributed by atoms with van der Waals surface area (Å²) in [7, 11) is 0. The first-order chi connectivity index (χ1) is 6.59. The van der Waals surface area contributed by atoms with Crippen molar-refractivity contribution in [2.24, 2.45) is 5.73 Å². The number of rotatable bonds is 3. The molecular weight excluding hydrogens is 289 g/mol. The second-order valence-corrected chi connectivity index (χ2v) is 5.31. The van der Waals surface area contributed by atoms with Crippen molar-refractivity contribution >= 4 is 22.6 Å². The molecule has 0 saturated heterocycles. The van der Waals surface area contributed by atoms with Crippen LogP contribution < -0.4 is 10.5 Å². The topological polar surface area (TPSA) is 35.2 Å². The van der Waals surface area contributed by atoms with Gasteiger partial charge in [0.05, 0.1) is 5.54 Å². The number of ether oxygens (including phenoxy) is 1. The largest absolute Gasteiger partial charge is 0.491 e. The van der Waals surface area contributed by atoms with Crippen molar-refractivity contribution in [1.29, 1.82) is 0 Å². The number of benzene rings is 1. The molecule has 0 atom stereocenters. The second-order valence-electron chi connectivity index (χ2n) is 4.06. The van der Waals surface area contributed by atoms with Crippen LogP contribution in [0.4, 0.5) is 0 Å². The molecule has 0 heterocycles. The Morgan fingerprint density at radius 2 is 2.21 bits per heavy atom. The van der Waals surface area contributed by atoms with Crippen LogP contribution in [0.3, 0.4) is 0 Å². The third kappa shape index (κ3) is 2.39. The lowest BCUT2D eigenvalue weighted by Gasteiger charge is -2.13. The molecule has 2 rings (SSSR count). The highest BCUT2D eigenvalue weighted by molar-refractivity contribution is 14.1. The average molecular weight is 303 g/mol. The van der Waals surface area contributed by atoms with E-state index in [1.165, 1.54) is 9.13 Å². The average Bonchev–Trinajstić information content (AvgIpc) is 2.83. The van der Waals surface area contributed by atoms with Gasteiger partial charge in [0, 0.05) is 3.57 Å². The molecular formula is C11H14INO. The summed E-state index contributed by atoms with van der Waals surface area (Å²) < 4.78 is 6.93. The van der Waals surface area contributed by atoms with Crippen molar-refractivity contribution in [3.8, 4) is 5.75 Å². The van der Waals surface area contributed by atoms with Gasteiger partial charge in [0.1, 0.15) is 12.4 Å². The van der Waals surface area contributed by atoms with Gasteiger partial charge in [-0.25, -0.2) is 0 Å². The molecule has 0 bridgehead atoms. The molecule has 0 radical (unpaired) electrons. The van der Waals surface area contributed by atoms with Crippen molar-refractivity contribution < 1.29 is 4.74 Å². The molecule has 2 N–H and O–H groups in total. The van der Waals surface area contributed by atoms with Crippen molar-refractivity contribution in [1.82, 2.24) is 0 Å². The van der Waals surface area contributed by atoms with Gasteiger partial charge in [-0.2, -0.15) is 0 Å². The van der Waals surface area contributed by atoms with Crippen molar-refractivity contribution in [2.75, 3.05) is 6.61 Å². The zero-order valence-electron chi connectivity index (χ0n) is 8.22. The van der Waals surface area contributed by atoms with Crippen LogP contribution in [0.1, 0.15) is 18.4 Å². The monoisotopic (exact) mass is 303 g/mol. The van der Waals surface area contributed by atoms with Crippen LogP contribution in [-0.4, -0.2) is 12.1 Å². The molecule has 0 aromatic heterocycles. The molecule has 0 amide bonds. The molecule has 1 aliphatic rings. The maximum absolute atomic E-state index is 5.95. The van der Waals surface area contributed by atoms with Crippen LogP contribution in [0.15, 0.2) is 18.2 Å². The molecule has 1 aromatic rings.